The number of hydrogen-bond acceptors (Lipinski definition) is 4. The van der Waals surface area contributed by atoms with Crippen molar-refractivity contribution in [2.45, 2.75) is 32.0 Å². The van der Waals surface area contributed by atoms with Gasteiger partial charge in [-0.1, -0.05) is 6.07 Å². The lowest BCUT2D eigenvalue weighted by atomic mass is 10.0. The van der Waals surface area contributed by atoms with Crippen molar-refractivity contribution in [1.29, 1.82) is 0 Å². The fraction of sp³-hybridized carbons (Fsp3) is 0.625. The molecule has 1 unspecified atom stereocenters. The Balaban J connectivity index is 2.07. The second-order valence-electron chi connectivity index (χ2n) is 5.82. The van der Waals surface area contributed by atoms with E-state index in [9.17, 15) is 0 Å². The molecule has 0 bridgehead atoms. The quantitative estimate of drug-likeness (QED) is 0.889. The van der Waals surface area contributed by atoms with E-state index in [0.717, 1.165) is 24.4 Å². The van der Waals surface area contributed by atoms with Crippen molar-refractivity contribution in [3.63, 3.8) is 0 Å². The molecule has 1 fully saturated rings. The van der Waals surface area contributed by atoms with Gasteiger partial charge in [0.25, 0.3) is 0 Å². The van der Waals surface area contributed by atoms with Crippen LogP contribution < -0.4 is 10.5 Å². The third-order valence-corrected chi connectivity index (χ3v) is 4.22. The van der Waals surface area contributed by atoms with Gasteiger partial charge in [0.15, 0.2) is 0 Å². The maximum atomic E-state index is 5.74. The first kappa shape index (κ1) is 15.3. The fourth-order valence-corrected chi connectivity index (χ4v) is 2.98. The number of nitrogens with two attached hydrogens (primary N) is 1. The molecule has 1 atom stereocenters. The molecule has 0 amide bonds. The van der Waals surface area contributed by atoms with Crippen molar-refractivity contribution in [3.05, 3.63) is 29.3 Å². The third-order valence-electron chi connectivity index (χ3n) is 4.22. The normalized spacial score (nSPS) is 20.4. The van der Waals surface area contributed by atoms with Crippen LogP contribution in [0.15, 0.2) is 18.2 Å². The largest absolute Gasteiger partial charge is 0.496 e. The van der Waals surface area contributed by atoms with Crippen LogP contribution in [0.4, 0.5) is 0 Å². The van der Waals surface area contributed by atoms with Gasteiger partial charge >= 0.3 is 0 Å². The first-order chi connectivity index (χ1) is 9.63. The summed E-state index contributed by atoms with van der Waals surface area (Å²) < 4.78 is 5.48. The standard InChI is InChI=1S/C16H27N3O/c1-18-8-4-5-15(12-18)19(2)11-14-9-13(10-17)6-7-16(14)20-3/h6-7,9,15H,4-5,8,10-12,17H2,1-3H3. The summed E-state index contributed by atoms with van der Waals surface area (Å²) in [5.41, 5.74) is 8.13. The highest BCUT2D eigenvalue weighted by atomic mass is 16.5. The Kier molecular flexibility index (Phi) is 5.40. The van der Waals surface area contributed by atoms with Crippen LogP contribution in [0.2, 0.25) is 0 Å². The summed E-state index contributed by atoms with van der Waals surface area (Å²) in [6, 6.07) is 6.86. The van der Waals surface area contributed by atoms with E-state index in [-0.39, 0.29) is 0 Å². The van der Waals surface area contributed by atoms with Gasteiger partial charge in [-0.2, -0.15) is 0 Å². The molecule has 0 aliphatic carbocycles. The number of hydrogen-bond donors (Lipinski definition) is 1. The average Bonchev–Trinajstić information content (AvgIpc) is 2.47. The summed E-state index contributed by atoms with van der Waals surface area (Å²) in [7, 11) is 6.14. The van der Waals surface area contributed by atoms with Gasteiger partial charge in [-0.05, 0) is 51.2 Å². The molecule has 20 heavy (non-hydrogen) atoms. The molecule has 0 radical (unpaired) electrons. The molecule has 0 saturated carbocycles. The number of likely N-dealkylation sites (tertiary alicyclic amines) is 1. The molecule has 0 spiro atoms. The van der Waals surface area contributed by atoms with E-state index in [1.165, 1.54) is 24.9 Å². The van der Waals surface area contributed by atoms with Crippen molar-refractivity contribution in [2.24, 2.45) is 5.73 Å². The Morgan fingerprint density at radius 3 is 2.90 bits per heavy atom. The molecule has 1 aliphatic rings. The summed E-state index contributed by atoms with van der Waals surface area (Å²) in [4.78, 5) is 4.85. The number of likely N-dealkylation sites (N-methyl/N-ethyl adjacent to an activating group) is 2. The molecule has 2 N–H and O–H groups in total. The smallest absolute Gasteiger partial charge is 0.123 e. The van der Waals surface area contributed by atoms with E-state index in [0.29, 0.717) is 12.6 Å². The van der Waals surface area contributed by atoms with E-state index in [1.54, 1.807) is 7.11 Å². The summed E-state index contributed by atoms with van der Waals surface area (Å²) in [6.45, 7) is 3.86. The third kappa shape index (κ3) is 3.72. The Hall–Kier alpha value is -1.10. The molecule has 4 heteroatoms. The van der Waals surface area contributed by atoms with Gasteiger partial charge in [0, 0.05) is 31.2 Å². The number of nitrogens with zero attached hydrogens (tertiary/aromatic N) is 2. The van der Waals surface area contributed by atoms with Gasteiger partial charge in [-0.25, -0.2) is 0 Å². The fourth-order valence-electron chi connectivity index (χ4n) is 2.98. The Morgan fingerprint density at radius 2 is 2.25 bits per heavy atom. The second-order valence-corrected chi connectivity index (χ2v) is 5.82. The van der Waals surface area contributed by atoms with Gasteiger partial charge in [-0.3, -0.25) is 4.90 Å². The zero-order valence-electron chi connectivity index (χ0n) is 12.9. The maximum Gasteiger partial charge on any atom is 0.123 e. The minimum atomic E-state index is 0.576. The second kappa shape index (κ2) is 7.07. The first-order valence-electron chi connectivity index (χ1n) is 7.38. The molecule has 1 aromatic carbocycles. The lowest BCUT2D eigenvalue weighted by molar-refractivity contribution is 0.128. The SMILES string of the molecule is COc1ccc(CN)cc1CN(C)C1CCCN(C)C1. The summed E-state index contributed by atoms with van der Waals surface area (Å²) in [6.07, 6.45) is 2.56. The van der Waals surface area contributed by atoms with Gasteiger partial charge in [0.1, 0.15) is 5.75 Å². The summed E-state index contributed by atoms with van der Waals surface area (Å²) in [5, 5.41) is 0. The van der Waals surface area contributed by atoms with E-state index < -0.39 is 0 Å². The van der Waals surface area contributed by atoms with Gasteiger partial charge in [-0.15, -0.1) is 0 Å². The van der Waals surface area contributed by atoms with Crippen LogP contribution in [0.25, 0.3) is 0 Å². The zero-order valence-corrected chi connectivity index (χ0v) is 12.9. The van der Waals surface area contributed by atoms with Gasteiger partial charge in [0.2, 0.25) is 0 Å². The van der Waals surface area contributed by atoms with Gasteiger partial charge < -0.3 is 15.4 Å². The maximum absolute atomic E-state index is 5.74. The molecule has 1 aromatic rings. The highest BCUT2D eigenvalue weighted by Gasteiger charge is 2.21. The van der Waals surface area contributed by atoms with Crippen molar-refractivity contribution in [3.8, 4) is 5.75 Å². The number of ether oxygens (including phenoxy) is 1. The highest BCUT2D eigenvalue weighted by Crippen LogP contribution is 2.23. The van der Waals surface area contributed by atoms with E-state index >= 15 is 0 Å². The Morgan fingerprint density at radius 1 is 1.45 bits per heavy atom. The molecule has 2 rings (SSSR count). The number of methoxy groups -OCH3 is 1. The van der Waals surface area contributed by atoms with Crippen molar-refractivity contribution < 1.29 is 4.74 Å². The predicted octanol–water partition coefficient (Wildman–Crippen LogP) is 1.68. The molecular formula is C16H27N3O. The monoisotopic (exact) mass is 277 g/mol. The predicted molar refractivity (Wildman–Crippen MR) is 82.9 cm³/mol. The van der Waals surface area contributed by atoms with Crippen LogP contribution >= 0.6 is 0 Å². The van der Waals surface area contributed by atoms with Crippen LogP contribution in [0.5, 0.6) is 5.75 Å². The van der Waals surface area contributed by atoms with E-state index in [4.69, 9.17) is 10.5 Å². The van der Waals surface area contributed by atoms with Crippen LogP contribution in [0, 0.1) is 0 Å². The highest BCUT2D eigenvalue weighted by molar-refractivity contribution is 5.37. The minimum Gasteiger partial charge on any atom is -0.496 e. The van der Waals surface area contributed by atoms with Crippen molar-refractivity contribution in [1.82, 2.24) is 9.80 Å². The molecule has 1 saturated heterocycles. The van der Waals surface area contributed by atoms with Crippen LogP contribution in [-0.4, -0.2) is 50.1 Å². The van der Waals surface area contributed by atoms with Crippen molar-refractivity contribution in [2.75, 3.05) is 34.3 Å². The lowest BCUT2D eigenvalue weighted by Crippen LogP contribution is -2.44. The topological polar surface area (TPSA) is 41.7 Å². The molecule has 1 heterocycles. The number of benzene rings is 1. The lowest BCUT2D eigenvalue weighted by Gasteiger charge is -2.36. The van der Waals surface area contributed by atoms with Crippen LogP contribution in [0.3, 0.4) is 0 Å². The summed E-state index contributed by atoms with van der Waals surface area (Å²) >= 11 is 0. The molecule has 0 aromatic heterocycles. The van der Waals surface area contributed by atoms with E-state index in [1.807, 2.05) is 12.1 Å². The Labute approximate surface area is 122 Å². The first-order valence-corrected chi connectivity index (χ1v) is 7.38. The zero-order chi connectivity index (χ0) is 14.5. The molecule has 4 nitrogen and oxygen atoms in total. The average molecular weight is 277 g/mol. The molecular weight excluding hydrogens is 250 g/mol. The number of piperidine rings is 1. The molecule has 112 valence electrons. The molecule has 1 aliphatic heterocycles. The van der Waals surface area contributed by atoms with Crippen LogP contribution in [-0.2, 0) is 13.1 Å². The van der Waals surface area contributed by atoms with E-state index in [2.05, 4.69) is 30.0 Å². The van der Waals surface area contributed by atoms with Crippen LogP contribution in [0.1, 0.15) is 24.0 Å². The Bertz CT molecular complexity index is 436. The van der Waals surface area contributed by atoms with Crippen molar-refractivity contribution >= 4 is 0 Å². The van der Waals surface area contributed by atoms with Gasteiger partial charge in [0.05, 0.1) is 7.11 Å². The number of rotatable bonds is 5. The summed E-state index contributed by atoms with van der Waals surface area (Å²) in [5.74, 6) is 0.957. The minimum absolute atomic E-state index is 0.576.